The number of benzene rings is 8. The zero-order valence-corrected chi connectivity index (χ0v) is 32.1. The summed E-state index contributed by atoms with van der Waals surface area (Å²) in [5.41, 5.74) is 15.4. The number of hydrogen-bond acceptors (Lipinski definition) is 4. The van der Waals surface area contributed by atoms with E-state index in [9.17, 15) is 0 Å². The molecule has 0 N–H and O–H groups in total. The molecule has 1 aliphatic heterocycles. The minimum Gasteiger partial charge on any atom is -0.247 e. The largest absolute Gasteiger partial charge is 0.247 e. The van der Waals surface area contributed by atoms with Crippen molar-refractivity contribution in [2.45, 2.75) is 15.2 Å². The summed E-state index contributed by atoms with van der Waals surface area (Å²) in [7, 11) is 0. The standard InChI is InChI=1S/C54H33N3S/c1-3-15-34(16-4-1)48-33-49(57-53(56-48)37-17-5-2-6-18-37)35-27-29-36(30-28-35)52-42-32-51-46(31-41(42)40-21-9-13-25-47(40)55-52)54(45-24-12-14-26-50(45)58-51)43-22-10-7-19-38(43)39-20-8-11-23-44(39)54/h1-33H. The third-order valence-corrected chi connectivity index (χ3v) is 13.1. The highest BCUT2D eigenvalue weighted by Gasteiger charge is 2.50. The lowest BCUT2D eigenvalue weighted by Gasteiger charge is -2.40. The van der Waals surface area contributed by atoms with Crippen molar-refractivity contribution in [1.82, 2.24) is 15.0 Å². The highest BCUT2D eigenvalue weighted by Crippen LogP contribution is 2.62. The molecule has 12 rings (SSSR count). The summed E-state index contributed by atoms with van der Waals surface area (Å²) in [6.07, 6.45) is 0. The molecule has 3 heterocycles. The Morgan fingerprint density at radius 2 is 0.897 bits per heavy atom. The van der Waals surface area contributed by atoms with Crippen LogP contribution in [0.4, 0.5) is 0 Å². The second-order valence-electron chi connectivity index (χ2n) is 15.1. The molecule has 4 heteroatoms. The van der Waals surface area contributed by atoms with Gasteiger partial charge in [-0.15, -0.1) is 0 Å². The van der Waals surface area contributed by atoms with Gasteiger partial charge in [0, 0.05) is 42.8 Å². The molecule has 2 aliphatic rings. The summed E-state index contributed by atoms with van der Waals surface area (Å²) in [5, 5.41) is 3.51. The van der Waals surface area contributed by atoms with Crippen molar-refractivity contribution >= 4 is 33.4 Å². The van der Waals surface area contributed by atoms with Gasteiger partial charge in [0.25, 0.3) is 0 Å². The summed E-state index contributed by atoms with van der Waals surface area (Å²) in [6, 6.07) is 71.9. The average Bonchev–Trinajstić information content (AvgIpc) is 3.59. The van der Waals surface area contributed by atoms with Crippen molar-refractivity contribution in [3.05, 3.63) is 222 Å². The molecule has 0 bridgehead atoms. The highest BCUT2D eigenvalue weighted by molar-refractivity contribution is 7.99. The number of rotatable bonds is 4. The van der Waals surface area contributed by atoms with Gasteiger partial charge < -0.3 is 0 Å². The Labute approximate surface area is 340 Å². The first-order valence-electron chi connectivity index (χ1n) is 19.7. The van der Waals surface area contributed by atoms with Crippen molar-refractivity contribution in [3.8, 4) is 56.3 Å². The van der Waals surface area contributed by atoms with E-state index >= 15 is 0 Å². The van der Waals surface area contributed by atoms with Gasteiger partial charge in [-0.05, 0) is 69.1 Å². The maximum Gasteiger partial charge on any atom is 0.160 e. The molecular weight excluding hydrogens is 723 g/mol. The van der Waals surface area contributed by atoms with E-state index in [-0.39, 0.29) is 0 Å². The normalized spacial score (nSPS) is 13.2. The maximum atomic E-state index is 5.40. The van der Waals surface area contributed by atoms with Crippen molar-refractivity contribution in [2.75, 3.05) is 0 Å². The quantitative estimate of drug-likeness (QED) is 0.168. The van der Waals surface area contributed by atoms with E-state index in [1.165, 1.54) is 48.6 Å². The van der Waals surface area contributed by atoms with Crippen LogP contribution in [0.15, 0.2) is 210 Å². The van der Waals surface area contributed by atoms with Crippen molar-refractivity contribution in [2.24, 2.45) is 0 Å². The van der Waals surface area contributed by atoms with Gasteiger partial charge in [-0.25, -0.2) is 15.0 Å². The first-order chi connectivity index (χ1) is 28.7. The van der Waals surface area contributed by atoms with E-state index in [0.717, 1.165) is 55.6 Å². The Bertz CT molecular complexity index is 3150. The number of fused-ring (bicyclic) bond motifs is 12. The van der Waals surface area contributed by atoms with Gasteiger partial charge in [-0.2, -0.15) is 0 Å². The fourth-order valence-electron chi connectivity index (χ4n) is 9.39. The van der Waals surface area contributed by atoms with Crippen LogP contribution in [0.25, 0.3) is 78.0 Å². The molecular formula is C54H33N3S. The molecule has 0 radical (unpaired) electrons. The number of hydrogen-bond donors (Lipinski definition) is 0. The van der Waals surface area contributed by atoms with Crippen LogP contribution in [-0.2, 0) is 5.41 Å². The van der Waals surface area contributed by atoms with Crippen LogP contribution < -0.4 is 0 Å². The molecule has 1 aliphatic carbocycles. The third-order valence-electron chi connectivity index (χ3n) is 12.0. The Morgan fingerprint density at radius 1 is 0.345 bits per heavy atom. The summed E-state index contributed by atoms with van der Waals surface area (Å²) in [5.74, 6) is 0.706. The van der Waals surface area contributed by atoms with E-state index in [2.05, 4.69) is 176 Å². The van der Waals surface area contributed by atoms with Crippen LogP contribution in [0.1, 0.15) is 22.3 Å². The van der Waals surface area contributed by atoms with Crippen molar-refractivity contribution in [1.29, 1.82) is 0 Å². The average molecular weight is 756 g/mol. The SMILES string of the molecule is c1ccc(-c2cc(-c3ccc(-c4nc5ccccc5c5cc6c(cc45)Sc4ccccc4C64c5ccccc5-c5ccccc54)cc3)nc(-c3ccccc3)n2)cc1. The Kier molecular flexibility index (Phi) is 7.38. The molecule has 0 fully saturated rings. The van der Waals surface area contributed by atoms with Gasteiger partial charge in [-0.1, -0.05) is 182 Å². The molecule has 58 heavy (non-hydrogen) atoms. The smallest absolute Gasteiger partial charge is 0.160 e. The van der Waals surface area contributed by atoms with Gasteiger partial charge in [0.2, 0.25) is 0 Å². The van der Waals surface area contributed by atoms with E-state index < -0.39 is 5.41 Å². The minimum absolute atomic E-state index is 0.445. The van der Waals surface area contributed by atoms with Crippen molar-refractivity contribution in [3.63, 3.8) is 0 Å². The Balaban J connectivity index is 1.06. The van der Waals surface area contributed by atoms with Gasteiger partial charge >= 0.3 is 0 Å². The first kappa shape index (κ1) is 33.0. The molecule has 0 saturated carbocycles. The number of nitrogens with zero attached hydrogens (tertiary/aromatic N) is 3. The molecule has 2 aromatic heterocycles. The summed E-state index contributed by atoms with van der Waals surface area (Å²) in [4.78, 5) is 18.1. The fourth-order valence-corrected chi connectivity index (χ4v) is 10.6. The monoisotopic (exact) mass is 755 g/mol. The molecule has 1 spiro atoms. The van der Waals surface area contributed by atoms with E-state index in [0.29, 0.717) is 5.82 Å². The summed E-state index contributed by atoms with van der Waals surface area (Å²) >= 11 is 1.87. The number of aromatic nitrogens is 3. The predicted molar refractivity (Wildman–Crippen MR) is 238 cm³/mol. The second-order valence-corrected chi connectivity index (χ2v) is 16.2. The van der Waals surface area contributed by atoms with E-state index in [1.807, 2.05) is 36.0 Å². The van der Waals surface area contributed by atoms with E-state index in [4.69, 9.17) is 15.0 Å². The fraction of sp³-hybridized carbons (Fsp3) is 0.0185. The van der Waals surface area contributed by atoms with Crippen LogP contribution in [0, 0.1) is 0 Å². The van der Waals surface area contributed by atoms with Gasteiger partial charge in [0.1, 0.15) is 0 Å². The highest BCUT2D eigenvalue weighted by atomic mass is 32.2. The van der Waals surface area contributed by atoms with Crippen LogP contribution in [0.5, 0.6) is 0 Å². The van der Waals surface area contributed by atoms with Crippen LogP contribution in [-0.4, -0.2) is 15.0 Å². The first-order valence-corrected chi connectivity index (χ1v) is 20.5. The maximum absolute atomic E-state index is 5.40. The molecule has 8 aromatic carbocycles. The zero-order chi connectivity index (χ0) is 38.2. The van der Waals surface area contributed by atoms with Gasteiger partial charge in [-0.3, -0.25) is 0 Å². The molecule has 3 nitrogen and oxygen atoms in total. The minimum atomic E-state index is -0.445. The lowest BCUT2D eigenvalue weighted by molar-refractivity contribution is 0.724. The molecule has 10 aromatic rings. The van der Waals surface area contributed by atoms with Crippen LogP contribution in [0.2, 0.25) is 0 Å². The lowest BCUT2D eigenvalue weighted by atomic mass is 9.67. The molecule has 270 valence electrons. The molecule has 0 atom stereocenters. The van der Waals surface area contributed by atoms with Crippen LogP contribution >= 0.6 is 11.8 Å². The number of pyridine rings is 1. The summed E-state index contributed by atoms with van der Waals surface area (Å²) < 4.78 is 0. The molecule has 0 amide bonds. The lowest BCUT2D eigenvalue weighted by Crippen LogP contribution is -2.32. The molecule has 0 saturated heterocycles. The van der Waals surface area contributed by atoms with E-state index in [1.54, 1.807) is 0 Å². The molecule has 0 unspecified atom stereocenters. The van der Waals surface area contributed by atoms with Crippen molar-refractivity contribution < 1.29 is 0 Å². The Hall–Kier alpha value is -7.14. The van der Waals surface area contributed by atoms with Gasteiger partial charge in [0.05, 0.1) is 28.0 Å². The number of para-hydroxylation sites is 1. The Morgan fingerprint density at radius 3 is 1.60 bits per heavy atom. The van der Waals surface area contributed by atoms with Crippen LogP contribution in [0.3, 0.4) is 0 Å². The predicted octanol–water partition coefficient (Wildman–Crippen LogP) is 13.7. The summed E-state index contributed by atoms with van der Waals surface area (Å²) in [6.45, 7) is 0. The topological polar surface area (TPSA) is 38.7 Å². The third kappa shape index (κ3) is 4.92. The zero-order valence-electron chi connectivity index (χ0n) is 31.3. The second kappa shape index (κ2) is 13.0. The van der Waals surface area contributed by atoms with Gasteiger partial charge in [0.15, 0.2) is 5.82 Å².